The Kier molecular flexibility index (Phi) is 6.64. The first-order chi connectivity index (χ1) is 8.27. The maximum atomic E-state index is 3.53. The van der Waals surface area contributed by atoms with Gasteiger partial charge >= 0.3 is 0 Å². The zero-order valence-electron chi connectivity index (χ0n) is 11.4. The molecule has 0 heterocycles. The fourth-order valence-corrected chi connectivity index (χ4v) is 1.93. The number of hydrogen-bond acceptors (Lipinski definition) is 1. The Morgan fingerprint density at radius 3 is 2.53 bits per heavy atom. The molecule has 0 fully saturated rings. The monoisotopic (exact) mass is 231 g/mol. The molecule has 0 bridgehead atoms. The summed E-state index contributed by atoms with van der Waals surface area (Å²) in [5.41, 5.74) is 2.82. The number of allylic oxidation sites excluding steroid dienone is 1. The van der Waals surface area contributed by atoms with E-state index in [9.17, 15) is 0 Å². The van der Waals surface area contributed by atoms with Crippen LogP contribution in [0.5, 0.6) is 0 Å². The molecular weight excluding hydrogens is 206 g/mol. The SMILES string of the molecule is C/C=C/CCNC(C)c1ccc(CCC)cc1. The van der Waals surface area contributed by atoms with Crippen LogP contribution in [-0.4, -0.2) is 6.54 Å². The van der Waals surface area contributed by atoms with E-state index >= 15 is 0 Å². The van der Waals surface area contributed by atoms with Crippen LogP contribution < -0.4 is 5.32 Å². The number of nitrogens with one attached hydrogen (secondary N) is 1. The van der Waals surface area contributed by atoms with Crippen molar-refractivity contribution < 1.29 is 0 Å². The van der Waals surface area contributed by atoms with Crippen molar-refractivity contribution in [2.75, 3.05) is 6.54 Å². The average molecular weight is 231 g/mol. The van der Waals surface area contributed by atoms with Gasteiger partial charge < -0.3 is 5.32 Å². The molecule has 1 aromatic carbocycles. The molecule has 1 rings (SSSR count). The van der Waals surface area contributed by atoms with E-state index in [2.05, 4.69) is 62.5 Å². The average Bonchev–Trinajstić information content (AvgIpc) is 2.36. The molecule has 1 nitrogen and oxygen atoms in total. The van der Waals surface area contributed by atoms with Crippen molar-refractivity contribution in [3.63, 3.8) is 0 Å². The minimum absolute atomic E-state index is 0.441. The molecule has 0 amide bonds. The van der Waals surface area contributed by atoms with Crippen LogP contribution in [0.4, 0.5) is 0 Å². The van der Waals surface area contributed by atoms with Gasteiger partial charge in [0, 0.05) is 6.04 Å². The van der Waals surface area contributed by atoms with Crippen molar-refractivity contribution in [1.29, 1.82) is 0 Å². The summed E-state index contributed by atoms with van der Waals surface area (Å²) in [7, 11) is 0. The predicted octanol–water partition coefficient (Wildman–Crippen LogP) is 4.26. The maximum absolute atomic E-state index is 3.53. The third kappa shape index (κ3) is 5.18. The molecule has 0 saturated carbocycles. The number of benzene rings is 1. The summed E-state index contributed by atoms with van der Waals surface area (Å²) in [6.07, 6.45) is 7.81. The Balaban J connectivity index is 2.42. The third-order valence-corrected chi connectivity index (χ3v) is 3.02. The molecule has 0 aliphatic carbocycles. The van der Waals surface area contributed by atoms with Gasteiger partial charge in [0.1, 0.15) is 0 Å². The van der Waals surface area contributed by atoms with Gasteiger partial charge in [-0.3, -0.25) is 0 Å². The molecule has 1 heteroatoms. The Morgan fingerprint density at radius 2 is 1.94 bits per heavy atom. The van der Waals surface area contributed by atoms with E-state index in [1.807, 2.05) is 0 Å². The topological polar surface area (TPSA) is 12.0 Å². The van der Waals surface area contributed by atoms with E-state index in [1.165, 1.54) is 24.0 Å². The van der Waals surface area contributed by atoms with Crippen LogP contribution in [0.2, 0.25) is 0 Å². The summed E-state index contributed by atoms with van der Waals surface area (Å²) in [5, 5.41) is 3.53. The number of rotatable bonds is 7. The van der Waals surface area contributed by atoms with Crippen molar-refractivity contribution in [3.8, 4) is 0 Å². The quantitative estimate of drug-likeness (QED) is 0.546. The second-order valence-electron chi connectivity index (χ2n) is 4.53. The molecule has 0 aliphatic heterocycles. The minimum atomic E-state index is 0.441. The van der Waals surface area contributed by atoms with Crippen molar-refractivity contribution in [2.24, 2.45) is 0 Å². The Bertz CT molecular complexity index is 324. The maximum Gasteiger partial charge on any atom is 0.0291 e. The highest BCUT2D eigenvalue weighted by molar-refractivity contribution is 5.24. The minimum Gasteiger partial charge on any atom is -0.310 e. The van der Waals surface area contributed by atoms with Gasteiger partial charge in [0.2, 0.25) is 0 Å². The summed E-state index contributed by atoms with van der Waals surface area (Å²) in [5.74, 6) is 0. The van der Waals surface area contributed by atoms with Gasteiger partial charge in [-0.25, -0.2) is 0 Å². The summed E-state index contributed by atoms with van der Waals surface area (Å²) < 4.78 is 0. The van der Waals surface area contributed by atoms with Crippen molar-refractivity contribution in [2.45, 2.75) is 46.1 Å². The summed E-state index contributed by atoms with van der Waals surface area (Å²) in [6.45, 7) is 7.56. The first kappa shape index (κ1) is 14.0. The first-order valence-corrected chi connectivity index (χ1v) is 6.71. The lowest BCUT2D eigenvalue weighted by Gasteiger charge is -2.14. The van der Waals surface area contributed by atoms with Crippen molar-refractivity contribution >= 4 is 0 Å². The van der Waals surface area contributed by atoms with Crippen LogP contribution >= 0.6 is 0 Å². The molecule has 1 atom stereocenters. The normalized spacial score (nSPS) is 13.1. The molecule has 1 aromatic rings. The number of aryl methyl sites for hydroxylation is 1. The van der Waals surface area contributed by atoms with Gasteiger partial charge in [-0.05, 0) is 44.4 Å². The van der Waals surface area contributed by atoms with Gasteiger partial charge in [-0.2, -0.15) is 0 Å². The van der Waals surface area contributed by atoms with Crippen molar-refractivity contribution in [1.82, 2.24) is 5.32 Å². The van der Waals surface area contributed by atoms with Crippen LogP contribution in [0.3, 0.4) is 0 Å². The molecule has 0 aromatic heterocycles. The van der Waals surface area contributed by atoms with Crippen LogP contribution in [0.15, 0.2) is 36.4 Å². The summed E-state index contributed by atoms with van der Waals surface area (Å²) in [4.78, 5) is 0. The highest BCUT2D eigenvalue weighted by atomic mass is 14.9. The molecule has 17 heavy (non-hydrogen) atoms. The van der Waals surface area contributed by atoms with E-state index in [4.69, 9.17) is 0 Å². The van der Waals surface area contributed by atoms with Gasteiger partial charge in [0.15, 0.2) is 0 Å². The van der Waals surface area contributed by atoms with Gasteiger partial charge in [0.05, 0.1) is 0 Å². The lowest BCUT2D eigenvalue weighted by molar-refractivity contribution is 0.581. The highest BCUT2D eigenvalue weighted by Crippen LogP contribution is 2.14. The van der Waals surface area contributed by atoms with Gasteiger partial charge in [-0.15, -0.1) is 0 Å². The first-order valence-electron chi connectivity index (χ1n) is 6.71. The fourth-order valence-electron chi connectivity index (χ4n) is 1.93. The van der Waals surface area contributed by atoms with E-state index in [0.29, 0.717) is 6.04 Å². The Labute approximate surface area is 106 Å². The summed E-state index contributed by atoms with van der Waals surface area (Å²) >= 11 is 0. The van der Waals surface area contributed by atoms with Crippen LogP contribution in [0.1, 0.15) is 50.8 Å². The van der Waals surface area contributed by atoms with Gasteiger partial charge in [0.25, 0.3) is 0 Å². The Hall–Kier alpha value is -1.08. The fraction of sp³-hybridized carbons (Fsp3) is 0.500. The zero-order valence-corrected chi connectivity index (χ0v) is 11.4. The van der Waals surface area contributed by atoms with Crippen LogP contribution in [0, 0.1) is 0 Å². The highest BCUT2D eigenvalue weighted by Gasteiger charge is 2.03. The molecule has 0 radical (unpaired) electrons. The van der Waals surface area contributed by atoms with E-state index in [0.717, 1.165) is 13.0 Å². The standard InChI is InChI=1S/C16H25N/c1-4-6-7-13-17-14(3)16-11-9-15(8-5-2)10-12-16/h4,6,9-12,14,17H,5,7-8,13H2,1-3H3/b6-4+. The molecular formula is C16H25N. The van der Waals surface area contributed by atoms with Crippen LogP contribution in [-0.2, 0) is 6.42 Å². The summed E-state index contributed by atoms with van der Waals surface area (Å²) in [6, 6.07) is 9.44. The lowest BCUT2D eigenvalue weighted by atomic mass is 10.0. The van der Waals surface area contributed by atoms with Crippen LogP contribution in [0.25, 0.3) is 0 Å². The molecule has 1 unspecified atom stereocenters. The smallest absolute Gasteiger partial charge is 0.0291 e. The van der Waals surface area contributed by atoms with Gasteiger partial charge in [-0.1, -0.05) is 49.8 Å². The molecule has 94 valence electrons. The third-order valence-electron chi connectivity index (χ3n) is 3.02. The largest absolute Gasteiger partial charge is 0.310 e. The van der Waals surface area contributed by atoms with E-state index in [1.54, 1.807) is 0 Å². The number of hydrogen-bond donors (Lipinski definition) is 1. The molecule has 1 N–H and O–H groups in total. The van der Waals surface area contributed by atoms with E-state index in [-0.39, 0.29) is 0 Å². The second-order valence-corrected chi connectivity index (χ2v) is 4.53. The van der Waals surface area contributed by atoms with Crippen molar-refractivity contribution in [3.05, 3.63) is 47.5 Å². The molecule has 0 aliphatic rings. The molecule has 0 spiro atoms. The van der Waals surface area contributed by atoms with E-state index < -0.39 is 0 Å². The zero-order chi connectivity index (χ0) is 12.5. The second kappa shape index (κ2) is 8.08. The Morgan fingerprint density at radius 1 is 1.24 bits per heavy atom. The predicted molar refractivity (Wildman–Crippen MR) is 76.3 cm³/mol. The molecule has 0 saturated heterocycles. The lowest BCUT2D eigenvalue weighted by Crippen LogP contribution is -2.19.